The summed E-state index contributed by atoms with van der Waals surface area (Å²) in [6.45, 7) is 6.16. The summed E-state index contributed by atoms with van der Waals surface area (Å²) < 4.78 is 2.23. The molecular weight excluding hydrogens is 202 g/mol. The van der Waals surface area contributed by atoms with Crippen molar-refractivity contribution in [1.29, 1.82) is 0 Å². The van der Waals surface area contributed by atoms with Crippen LogP contribution in [0.4, 0.5) is 0 Å². The third-order valence-corrected chi connectivity index (χ3v) is 3.88. The third kappa shape index (κ3) is 1.55. The summed E-state index contributed by atoms with van der Waals surface area (Å²) in [4.78, 5) is 11.1. The van der Waals surface area contributed by atoms with Crippen LogP contribution in [-0.4, -0.2) is 15.6 Å². The van der Waals surface area contributed by atoms with Crippen molar-refractivity contribution in [3.05, 3.63) is 23.0 Å². The second-order valence-electron chi connectivity index (χ2n) is 5.13. The molecule has 1 heterocycles. The first-order valence-electron chi connectivity index (χ1n) is 5.88. The van der Waals surface area contributed by atoms with E-state index < -0.39 is 5.97 Å². The Bertz CT molecular complexity index is 425. The topological polar surface area (TPSA) is 42.2 Å². The number of aromatic nitrogens is 1. The molecule has 2 rings (SSSR count). The lowest BCUT2D eigenvalue weighted by molar-refractivity contribution is 0.0695. The van der Waals surface area contributed by atoms with Gasteiger partial charge in [-0.2, -0.15) is 0 Å². The second-order valence-corrected chi connectivity index (χ2v) is 5.13. The zero-order chi connectivity index (χ0) is 11.9. The van der Waals surface area contributed by atoms with Crippen LogP contribution in [0, 0.1) is 13.8 Å². The molecule has 1 aliphatic carbocycles. The molecular formula is C13H19NO2. The van der Waals surface area contributed by atoms with Crippen molar-refractivity contribution >= 4 is 5.97 Å². The summed E-state index contributed by atoms with van der Waals surface area (Å²) in [7, 11) is 0. The highest BCUT2D eigenvalue weighted by atomic mass is 16.4. The maximum atomic E-state index is 11.1. The predicted octanol–water partition coefficient (Wildman–Crippen LogP) is 3.09. The van der Waals surface area contributed by atoms with Gasteiger partial charge in [0.15, 0.2) is 0 Å². The molecule has 1 N–H and O–H groups in total. The van der Waals surface area contributed by atoms with Crippen molar-refractivity contribution in [2.24, 2.45) is 0 Å². The van der Waals surface area contributed by atoms with E-state index in [1.165, 1.54) is 12.8 Å². The van der Waals surface area contributed by atoms with E-state index in [4.69, 9.17) is 5.11 Å². The zero-order valence-corrected chi connectivity index (χ0v) is 10.2. The van der Waals surface area contributed by atoms with Crippen LogP contribution in [0.5, 0.6) is 0 Å². The monoisotopic (exact) mass is 221 g/mol. The Morgan fingerprint density at radius 2 is 1.94 bits per heavy atom. The molecule has 0 radical (unpaired) electrons. The van der Waals surface area contributed by atoms with Gasteiger partial charge in [0.2, 0.25) is 0 Å². The van der Waals surface area contributed by atoms with Gasteiger partial charge in [0, 0.05) is 16.9 Å². The van der Waals surface area contributed by atoms with Gasteiger partial charge in [0.1, 0.15) is 0 Å². The Balaban J connectivity index is 2.52. The van der Waals surface area contributed by atoms with Gasteiger partial charge in [-0.1, -0.05) is 12.8 Å². The van der Waals surface area contributed by atoms with E-state index in [1.54, 1.807) is 6.07 Å². The summed E-state index contributed by atoms with van der Waals surface area (Å²) in [6.07, 6.45) is 4.80. The smallest absolute Gasteiger partial charge is 0.337 e. The number of carbonyl (C=O) groups is 1. The minimum atomic E-state index is -0.819. The van der Waals surface area contributed by atoms with E-state index in [2.05, 4.69) is 11.5 Å². The quantitative estimate of drug-likeness (QED) is 0.833. The number of nitrogens with zero attached hydrogens (tertiary/aromatic N) is 1. The molecule has 0 amide bonds. The van der Waals surface area contributed by atoms with Crippen molar-refractivity contribution in [1.82, 2.24) is 4.57 Å². The standard InChI is InChI=1S/C13H19NO2/c1-9-8-11(12(15)16)10(2)14(9)13(3)6-4-5-7-13/h8H,4-7H2,1-3H3,(H,15,16). The van der Waals surface area contributed by atoms with Gasteiger partial charge in [-0.25, -0.2) is 4.79 Å². The first-order valence-corrected chi connectivity index (χ1v) is 5.88. The molecule has 1 aromatic rings. The van der Waals surface area contributed by atoms with Gasteiger partial charge in [-0.3, -0.25) is 0 Å². The van der Waals surface area contributed by atoms with Crippen LogP contribution >= 0.6 is 0 Å². The van der Waals surface area contributed by atoms with Crippen LogP contribution in [0.3, 0.4) is 0 Å². The molecule has 1 aromatic heterocycles. The average Bonchev–Trinajstić information content (AvgIpc) is 2.72. The molecule has 0 aliphatic heterocycles. The Hall–Kier alpha value is -1.25. The maximum absolute atomic E-state index is 11.1. The Morgan fingerprint density at radius 3 is 2.38 bits per heavy atom. The van der Waals surface area contributed by atoms with Crippen molar-refractivity contribution in [2.45, 2.75) is 52.0 Å². The Kier molecular flexibility index (Phi) is 2.56. The van der Waals surface area contributed by atoms with Gasteiger partial charge < -0.3 is 9.67 Å². The minimum Gasteiger partial charge on any atom is -0.478 e. The Labute approximate surface area is 96.1 Å². The Morgan fingerprint density at radius 1 is 1.38 bits per heavy atom. The highest BCUT2D eigenvalue weighted by molar-refractivity contribution is 5.89. The SMILES string of the molecule is Cc1cc(C(=O)O)c(C)n1C1(C)CCCC1. The van der Waals surface area contributed by atoms with E-state index in [-0.39, 0.29) is 5.54 Å². The van der Waals surface area contributed by atoms with Crippen molar-refractivity contribution in [2.75, 3.05) is 0 Å². The number of aromatic carboxylic acids is 1. The third-order valence-electron chi connectivity index (χ3n) is 3.88. The summed E-state index contributed by atoms with van der Waals surface area (Å²) in [5.41, 5.74) is 2.54. The molecule has 0 unspecified atom stereocenters. The van der Waals surface area contributed by atoms with Gasteiger partial charge in [0.05, 0.1) is 5.56 Å². The molecule has 1 fully saturated rings. The number of carboxylic acid groups (broad SMARTS) is 1. The molecule has 0 atom stereocenters. The average molecular weight is 221 g/mol. The molecule has 3 heteroatoms. The number of rotatable bonds is 2. The van der Waals surface area contributed by atoms with E-state index in [0.29, 0.717) is 5.56 Å². The lowest BCUT2D eigenvalue weighted by Crippen LogP contribution is -2.28. The summed E-state index contributed by atoms with van der Waals surface area (Å²) in [6, 6.07) is 1.79. The largest absolute Gasteiger partial charge is 0.478 e. The summed E-state index contributed by atoms with van der Waals surface area (Å²) in [5, 5.41) is 9.12. The zero-order valence-electron chi connectivity index (χ0n) is 10.2. The molecule has 0 bridgehead atoms. The highest BCUT2D eigenvalue weighted by Gasteiger charge is 2.33. The van der Waals surface area contributed by atoms with Crippen molar-refractivity contribution in [3.63, 3.8) is 0 Å². The first-order chi connectivity index (χ1) is 7.46. The predicted molar refractivity (Wildman–Crippen MR) is 63.0 cm³/mol. The normalized spacial score (nSPS) is 18.9. The molecule has 1 saturated carbocycles. The first kappa shape index (κ1) is 11.2. The molecule has 0 saturated heterocycles. The fourth-order valence-corrected chi connectivity index (χ4v) is 3.17. The van der Waals surface area contributed by atoms with Crippen molar-refractivity contribution < 1.29 is 9.90 Å². The van der Waals surface area contributed by atoms with Gasteiger partial charge in [0.25, 0.3) is 0 Å². The van der Waals surface area contributed by atoms with E-state index in [0.717, 1.165) is 24.2 Å². The fraction of sp³-hybridized carbons (Fsp3) is 0.615. The van der Waals surface area contributed by atoms with E-state index in [1.807, 2.05) is 13.8 Å². The number of carboxylic acids is 1. The molecule has 0 aromatic carbocycles. The number of aryl methyl sites for hydroxylation is 1. The lowest BCUT2D eigenvalue weighted by atomic mass is 9.99. The summed E-state index contributed by atoms with van der Waals surface area (Å²) >= 11 is 0. The number of hydrogen-bond donors (Lipinski definition) is 1. The number of hydrogen-bond acceptors (Lipinski definition) is 1. The molecule has 88 valence electrons. The summed E-state index contributed by atoms with van der Waals surface area (Å²) in [5.74, 6) is -0.819. The molecule has 16 heavy (non-hydrogen) atoms. The molecule has 1 aliphatic rings. The minimum absolute atomic E-state index is 0.127. The second kappa shape index (κ2) is 3.65. The van der Waals surface area contributed by atoms with Gasteiger partial charge >= 0.3 is 5.97 Å². The van der Waals surface area contributed by atoms with Gasteiger partial charge in [-0.05, 0) is 39.7 Å². The van der Waals surface area contributed by atoms with Gasteiger partial charge in [-0.15, -0.1) is 0 Å². The van der Waals surface area contributed by atoms with Crippen LogP contribution in [0.25, 0.3) is 0 Å². The van der Waals surface area contributed by atoms with Crippen LogP contribution in [0.1, 0.15) is 54.4 Å². The molecule has 0 spiro atoms. The van der Waals surface area contributed by atoms with Crippen LogP contribution in [0.15, 0.2) is 6.07 Å². The van der Waals surface area contributed by atoms with Crippen LogP contribution in [0.2, 0.25) is 0 Å². The van der Waals surface area contributed by atoms with Crippen molar-refractivity contribution in [3.8, 4) is 0 Å². The lowest BCUT2D eigenvalue weighted by Gasteiger charge is -2.30. The molecule has 3 nitrogen and oxygen atoms in total. The van der Waals surface area contributed by atoms with E-state index >= 15 is 0 Å². The highest BCUT2D eigenvalue weighted by Crippen LogP contribution is 2.39. The fourth-order valence-electron chi connectivity index (χ4n) is 3.17. The maximum Gasteiger partial charge on any atom is 0.337 e. The van der Waals surface area contributed by atoms with Crippen LogP contribution in [-0.2, 0) is 5.54 Å². The van der Waals surface area contributed by atoms with E-state index in [9.17, 15) is 4.79 Å². The van der Waals surface area contributed by atoms with Crippen LogP contribution < -0.4 is 0 Å².